The van der Waals surface area contributed by atoms with Crippen LogP contribution >= 0.6 is 15.9 Å². The molecule has 0 saturated heterocycles. The number of rotatable bonds is 5. The molecule has 1 N–H and O–H groups in total. The van der Waals surface area contributed by atoms with Gasteiger partial charge in [-0.05, 0) is 56.3 Å². The summed E-state index contributed by atoms with van der Waals surface area (Å²) >= 11 is 3.40. The van der Waals surface area contributed by atoms with E-state index in [0.717, 1.165) is 10.0 Å². The molecule has 0 unspecified atom stereocenters. The van der Waals surface area contributed by atoms with E-state index in [4.69, 9.17) is 9.15 Å². The van der Waals surface area contributed by atoms with E-state index >= 15 is 0 Å². The lowest BCUT2D eigenvalue weighted by Crippen LogP contribution is -2.12. The topological polar surface area (TPSA) is 68.5 Å². The van der Waals surface area contributed by atoms with Gasteiger partial charge >= 0.3 is 5.97 Å². The fraction of sp³-hybridized carbons (Fsp3) is 0.143. The molecule has 3 aromatic rings. The van der Waals surface area contributed by atoms with Crippen LogP contribution in [0.3, 0.4) is 0 Å². The highest BCUT2D eigenvalue weighted by Gasteiger charge is 2.16. The molecule has 0 aliphatic carbocycles. The van der Waals surface area contributed by atoms with Crippen LogP contribution in [-0.2, 0) is 4.74 Å². The fourth-order valence-corrected chi connectivity index (χ4v) is 2.83. The lowest BCUT2D eigenvalue weighted by Gasteiger charge is -2.06. The van der Waals surface area contributed by atoms with Gasteiger partial charge in [-0.25, -0.2) is 4.79 Å². The Kier molecular flexibility index (Phi) is 5.76. The van der Waals surface area contributed by atoms with Gasteiger partial charge in [0.15, 0.2) is 0 Å². The van der Waals surface area contributed by atoms with Crippen LogP contribution < -0.4 is 5.32 Å². The summed E-state index contributed by atoms with van der Waals surface area (Å²) < 4.78 is 11.7. The third kappa shape index (κ3) is 4.46. The molecule has 5 nitrogen and oxygen atoms in total. The Morgan fingerprint density at radius 2 is 1.74 bits per heavy atom. The number of anilines is 1. The molecule has 0 bridgehead atoms. The highest BCUT2D eigenvalue weighted by molar-refractivity contribution is 9.10. The lowest BCUT2D eigenvalue weighted by molar-refractivity contribution is 0.0526. The second kappa shape index (κ2) is 8.22. The molecule has 2 aromatic carbocycles. The summed E-state index contributed by atoms with van der Waals surface area (Å²) in [5.41, 5.74) is 2.37. The molecule has 27 heavy (non-hydrogen) atoms. The van der Waals surface area contributed by atoms with Gasteiger partial charge in [0.25, 0.3) is 5.91 Å². The van der Waals surface area contributed by atoms with E-state index in [1.54, 1.807) is 44.2 Å². The maximum absolute atomic E-state index is 12.6. The molecular formula is C21H18BrNO4. The third-order valence-electron chi connectivity index (χ3n) is 3.95. The number of benzene rings is 2. The molecule has 1 heterocycles. The Morgan fingerprint density at radius 3 is 2.37 bits per heavy atom. The number of carbonyl (C=O) groups is 2. The third-order valence-corrected chi connectivity index (χ3v) is 4.47. The minimum Gasteiger partial charge on any atom is -0.462 e. The summed E-state index contributed by atoms with van der Waals surface area (Å²) in [5.74, 6) is 0.500. The molecular weight excluding hydrogens is 410 g/mol. The van der Waals surface area contributed by atoms with Gasteiger partial charge in [0.05, 0.1) is 17.7 Å². The monoisotopic (exact) mass is 427 g/mol. The highest BCUT2D eigenvalue weighted by Crippen LogP contribution is 2.27. The Labute approximate surface area is 165 Å². The first-order chi connectivity index (χ1) is 13.0. The molecule has 0 radical (unpaired) electrons. The van der Waals surface area contributed by atoms with Gasteiger partial charge in [0.1, 0.15) is 11.5 Å². The van der Waals surface area contributed by atoms with E-state index < -0.39 is 0 Å². The van der Waals surface area contributed by atoms with Gasteiger partial charge in [-0.1, -0.05) is 28.1 Å². The number of carbonyl (C=O) groups excluding carboxylic acids is 2. The summed E-state index contributed by atoms with van der Waals surface area (Å²) in [4.78, 5) is 24.3. The quantitative estimate of drug-likeness (QED) is 0.549. The second-order valence-corrected chi connectivity index (χ2v) is 6.76. The zero-order chi connectivity index (χ0) is 19.4. The fourth-order valence-electron chi connectivity index (χ4n) is 2.57. The maximum Gasteiger partial charge on any atom is 0.338 e. The first-order valence-electron chi connectivity index (χ1n) is 8.43. The molecule has 6 heteroatoms. The van der Waals surface area contributed by atoms with Gasteiger partial charge < -0.3 is 14.5 Å². The van der Waals surface area contributed by atoms with Crippen molar-refractivity contribution in [1.29, 1.82) is 0 Å². The highest BCUT2D eigenvalue weighted by atomic mass is 79.9. The number of amides is 1. The van der Waals surface area contributed by atoms with Crippen molar-refractivity contribution in [2.24, 2.45) is 0 Å². The van der Waals surface area contributed by atoms with Crippen molar-refractivity contribution < 1.29 is 18.7 Å². The Balaban J connectivity index is 1.74. The minimum absolute atomic E-state index is 0.275. The van der Waals surface area contributed by atoms with Gasteiger partial charge in [-0.2, -0.15) is 0 Å². The largest absolute Gasteiger partial charge is 0.462 e. The van der Waals surface area contributed by atoms with E-state index in [0.29, 0.717) is 34.9 Å². The standard InChI is InChI=1S/C21H18BrNO4/c1-3-26-21(25)15-6-10-17(11-7-15)23-20(24)18-12-19(27-13(18)2)14-4-8-16(22)9-5-14/h4-12H,3H2,1-2H3,(H,23,24). The smallest absolute Gasteiger partial charge is 0.338 e. The number of furan rings is 1. The zero-order valence-electron chi connectivity index (χ0n) is 14.9. The lowest BCUT2D eigenvalue weighted by atomic mass is 10.1. The zero-order valence-corrected chi connectivity index (χ0v) is 16.5. The maximum atomic E-state index is 12.6. The average molecular weight is 428 g/mol. The van der Waals surface area contributed by atoms with Crippen LogP contribution in [0.2, 0.25) is 0 Å². The van der Waals surface area contributed by atoms with Crippen molar-refractivity contribution in [2.45, 2.75) is 13.8 Å². The summed E-state index contributed by atoms with van der Waals surface area (Å²) in [6.45, 7) is 3.82. The van der Waals surface area contributed by atoms with E-state index in [-0.39, 0.29) is 11.9 Å². The van der Waals surface area contributed by atoms with Crippen LogP contribution in [0.4, 0.5) is 5.69 Å². The molecule has 0 fully saturated rings. The SMILES string of the molecule is CCOC(=O)c1ccc(NC(=O)c2cc(-c3ccc(Br)cc3)oc2C)cc1. The number of nitrogens with one attached hydrogen (secondary N) is 1. The summed E-state index contributed by atoms with van der Waals surface area (Å²) in [5, 5.41) is 2.81. The number of halogens is 1. The van der Waals surface area contributed by atoms with Crippen LogP contribution in [0.5, 0.6) is 0 Å². The van der Waals surface area contributed by atoms with Crippen LogP contribution in [-0.4, -0.2) is 18.5 Å². The normalized spacial score (nSPS) is 10.5. The molecule has 3 rings (SSSR count). The van der Waals surface area contributed by atoms with Crippen molar-refractivity contribution in [3.8, 4) is 11.3 Å². The van der Waals surface area contributed by atoms with Gasteiger partial charge in [0.2, 0.25) is 0 Å². The molecule has 0 aliphatic rings. The van der Waals surface area contributed by atoms with Crippen molar-refractivity contribution in [3.05, 3.63) is 76.0 Å². The second-order valence-electron chi connectivity index (χ2n) is 5.84. The minimum atomic E-state index is -0.389. The number of ether oxygens (including phenoxy) is 1. The molecule has 0 spiro atoms. The number of hydrogen-bond acceptors (Lipinski definition) is 4. The molecule has 0 aliphatic heterocycles. The van der Waals surface area contributed by atoms with Crippen molar-refractivity contribution in [3.63, 3.8) is 0 Å². The van der Waals surface area contributed by atoms with Gasteiger partial charge in [-0.3, -0.25) is 4.79 Å². The number of hydrogen-bond donors (Lipinski definition) is 1. The van der Waals surface area contributed by atoms with Crippen molar-refractivity contribution in [1.82, 2.24) is 0 Å². The predicted molar refractivity (Wildman–Crippen MR) is 107 cm³/mol. The summed E-state index contributed by atoms with van der Waals surface area (Å²) in [6, 6.07) is 15.9. The summed E-state index contributed by atoms with van der Waals surface area (Å²) in [7, 11) is 0. The summed E-state index contributed by atoms with van der Waals surface area (Å²) in [6.07, 6.45) is 0. The van der Waals surface area contributed by atoms with Crippen LogP contribution in [0.15, 0.2) is 63.5 Å². The van der Waals surface area contributed by atoms with E-state index in [9.17, 15) is 9.59 Å². The van der Waals surface area contributed by atoms with Gasteiger partial charge in [0, 0.05) is 15.7 Å². The molecule has 1 aromatic heterocycles. The number of esters is 1. The predicted octanol–water partition coefficient (Wildman–Crippen LogP) is 5.45. The Hall–Kier alpha value is -2.86. The molecule has 0 saturated carbocycles. The Bertz CT molecular complexity index is 959. The number of aryl methyl sites for hydroxylation is 1. The van der Waals surface area contributed by atoms with E-state index in [1.165, 1.54) is 0 Å². The van der Waals surface area contributed by atoms with Crippen LogP contribution in [0.25, 0.3) is 11.3 Å². The van der Waals surface area contributed by atoms with Crippen molar-refractivity contribution >= 4 is 33.5 Å². The van der Waals surface area contributed by atoms with Crippen LogP contribution in [0, 0.1) is 6.92 Å². The Morgan fingerprint density at radius 1 is 1.07 bits per heavy atom. The van der Waals surface area contributed by atoms with E-state index in [2.05, 4.69) is 21.2 Å². The van der Waals surface area contributed by atoms with Crippen LogP contribution in [0.1, 0.15) is 33.4 Å². The van der Waals surface area contributed by atoms with Gasteiger partial charge in [-0.15, -0.1) is 0 Å². The molecule has 0 atom stereocenters. The molecule has 1 amide bonds. The molecule has 138 valence electrons. The first-order valence-corrected chi connectivity index (χ1v) is 9.22. The van der Waals surface area contributed by atoms with E-state index in [1.807, 2.05) is 24.3 Å². The first kappa shape index (κ1) is 18.9. The average Bonchev–Trinajstić information content (AvgIpc) is 3.05. The van der Waals surface area contributed by atoms with Crippen molar-refractivity contribution in [2.75, 3.05) is 11.9 Å².